The molecule has 0 amide bonds. The lowest BCUT2D eigenvalue weighted by Crippen LogP contribution is -2.26. The second kappa shape index (κ2) is 10.2. The third-order valence-electron chi connectivity index (χ3n) is 4.08. The van der Waals surface area contributed by atoms with Crippen molar-refractivity contribution in [3.63, 3.8) is 0 Å². The number of hydrazone groups is 2. The number of nitrogens with two attached hydrogens (primary N) is 2. The maximum Gasteiger partial charge on any atom is 0.184 e. The summed E-state index contributed by atoms with van der Waals surface area (Å²) in [7, 11) is 0. The predicted molar refractivity (Wildman–Crippen MR) is 130 cm³/mol. The minimum absolute atomic E-state index is 0.0994. The molecule has 0 atom stereocenters. The Morgan fingerprint density at radius 1 is 0.533 bits per heavy atom. The Kier molecular flexibility index (Phi) is 7.20. The molecule has 0 aliphatic carbocycles. The molecule has 30 heavy (non-hydrogen) atoms. The summed E-state index contributed by atoms with van der Waals surface area (Å²) in [6, 6.07) is 27.4. The zero-order valence-corrected chi connectivity index (χ0v) is 17.6. The van der Waals surface area contributed by atoms with E-state index in [4.69, 9.17) is 35.9 Å². The van der Waals surface area contributed by atoms with Crippen molar-refractivity contribution < 1.29 is 0 Å². The third-order valence-corrected chi connectivity index (χ3v) is 4.26. The lowest BCUT2D eigenvalue weighted by molar-refractivity contribution is 1.03. The van der Waals surface area contributed by atoms with Gasteiger partial charge in [0.1, 0.15) is 0 Å². The van der Waals surface area contributed by atoms with Crippen LogP contribution < -0.4 is 22.3 Å². The van der Waals surface area contributed by atoms with E-state index in [2.05, 4.69) is 21.1 Å². The molecule has 150 valence electrons. The lowest BCUT2D eigenvalue weighted by Gasteiger charge is -2.11. The smallest absolute Gasteiger partial charge is 0.184 e. The Balaban J connectivity index is 1.99. The third kappa shape index (κ3) is 5.69. The van der Waals surface area contributed by atoms with Crippen LogP contribution >= 0.6 is 24.4 Å². The van der Waals surface area contributed by atoms with Crippen LogP contribution in [0.1, 0.15) is 22.3 Å². The lowest BCUT2D eigenvalue weighted by atomic mass is 9.97. The van der Waals surface area contributed by atoms with E-state index in [1.54, 1.807) is 0 Å². The number of hydrogen-bond donors (Lipinski definition) is 4. The van der Waals surface area contributed by atoms with E-state index in [1.807, 2.05) is 84.9 Å². The van der Waals surface area contributed by atoms with Crippen molar-refractivity contribution >= 4 is 46.1 Å². The van der Waals surface area contributed by atoms with Crippen LogP contribution in [0, 0.1) is 0 Å². The highest BCUT2D eigenvalue weighted by atomic mass is 32.1. The highest BCUT2D eigenvalue weighted by molar-refractivity contribution is 7.80. The summed E-state index contributed by atoms with van der Waals surface area (Å²) in [5.74, 6) is 0. The van der Waals surface area contributed by atoms with Crippen LogP contribution in [-0.4, -0.2) is 21.6 Å². The quantitative estimate of drug-likeness (QED) is 0.271. The molecule has 0 bridgehead atoms. The SMILES string of the molecule is NC(=S)NN=C(c1ccccc1)c1ccc(C(=NNC(N)=S)c2ccccc2)cc1. The van der Waals surface area contributed by atoms with Gasteiger partial charge < -0.3 is 11.5 Å². The normalized spacial score (nSPS) is 11.6. The second-order valence-corrected chi connectivity index (χ2v) is 7.06. The van der Waals surface area contributed by atoms with Crippen LogP contribution in [0.25, 0.3) is 0 Å². The molecule has 0 saturated carbocycles. The fourth-order valence-corrected chi connectivity index (χ4v) is 2.88. The first-order valence-corrected chi connectivity index (χ1v) is 9.84. The van der Waals surface area contributed by atoms with Gasteiger partial charge in [0.05, 0.1) is 11.4 Å². The molecule has 0 aliphatic rings. The second-order valence-electron chi connectivity index (χ2n) is 6.18. The Morgan fingerprint density at radius 3 is 1.13 bits per heavy atom. The maximum atomic E-state index is 5.55. The molecule has 8 heteroatoms. The summed E-state index contributed by atoms with van der Waals surface area (Å²) in [6.07, 6.45) is 0. The number of nitrogens with one attached hydrogen (secondary N) is 2. The topological polar surface area (TPSA) is 101 Å². The molecule has 0 aliphatic heterocycles. The zero-order chi connectivity index (χ0) is 21.3. The van der Waals surface area contributed by atoms with Crippen molar-refractivity contribution in [1.82, 2.24) is 10.9 Å². The summed E-state index contributed by atoms with van der Waals surface area (Å²) < 4.78 is 0. The van der Waals surface area contributed by atoms with Crippen LogP contribution in [0.2, 0.25) is 0 Å². The van der Waals surface area contributed by atoms with Gasteiger partial charge in [-0.1, -0.05) is 84.9 Å². The fraction of sp³-hybridized carbons (Fsp3) is 0. The summed E-state index contributed by atoms with van der Waals surface area (Å²) in [5, 5.41) is 8.96. The van der Waals surface area contributed by atoms with Gasteiger partial charge in [0, 0.05) is 22.3 Å². The van der Waals surface area contributed by atoms with Gasteiger partial charge in [0.2, 0.25) is 0 Å². The van der Waals surface area contributed by atoms with Gasteiger partial charge in [-0.25, -0.2) is 0 Å². The van der Waals surface area contributed by atoms with Gasteiger partial charge in [-0.2, -0.15) is 10.2 Å². The van der Waals surface area contributed by atoms with E-state index in [9.17, 15) is 0 Å². The Bertz CT molecular complexity index is 989. The highest BCUT2D eigenvalue weighted by Crippen LogP contribution is 2.15. The Labute approximate surface area is 185 Å². The van der Waals surface area contributed by atoms with Gasteiger partial charge in [-0.15, -0.1) is 0 Å². The molecule has 0 unspecified atom stereocenters. The summed E-state index contributed by atoms with van der Waals surface area (Å²) >= 11 is 9.78. The largest absolute Gasteiger partial charge is 0.375 e. The number of rotatable bonds is 6. The molecule has 3 rings (SSSR count). The average molecular weight is 433 g/mol. The van der Waals surface area contributed by atoms with E-state index in [1.165, 1.54) is 0 Å². The molecule has 3 aromatic rings. The number of hydrogen-bond acceptors (Lipinski definition) is 4. The molecule has 0 saturated heterocycles. The molecule has 0 fully saturated rings. The van der Waals surface area contributed by atoms with Gasteiger partial charge in [-0.05, 0) is 24.4 Å². The van der Waals surface area contributed by atoms with Crippen LogP contribution in [0.4, 0.5) is 0 Å². The van der Waals surface area contributed by atoms with Crippen molar-refractivity contribution in [2.75, 3.05) is 0 Å². The zero-order valence-electron chi connectivity index (χ0n) is 15.9. The van der Waals surface area contributed by atoms with Crippen molar-refractivity contribution in [3.05, 3.63) is 107 Å². The number of benzene rings is 3. The molecule has 0 spiro atoms. The van der Waals surface area contributed by atoms with Crippen LogP contribution in [0.5, 0.6) is 0 Å². The minimum Gasteiger partial charge on any atom is -0.375 e. The summed E-state index contributed by atoms with van der Waals surface area (Å²) in [6.45, 7) is 0. The van der Waals surface area contributed by atoms with E-state index in [0.717, 1.165) is 33.7 Å². The molecule has 0 heterocycles. The highest BCUT2D eigenvalue weighted by Gasteiger charge is 2.11. The molecular formula is C22H20N6S2. The molecule has 6 N–H and O–H groups in total. The first-order chi connectivity index (χ1) is 14.5. The van der Waals surface area contributed by atoms with Crippen LogP contribution in [0.15, 0.2) is 95.1 Å². The molecule has 0 aromatic heterocycles. The average Bonchev–Trinajstić information content (AvgIpc) is 2.76. The van der Waals surface area contributed by atoms with E-state index in [-0.39, 0.29) is 10.2 Å². The fourth-order valence-electron chi connectivity index (χ4n) is 2.79. The van der Waals surface area contributed by atoms with Crippen molar-refractivity contribution in [1.29, 1.82) is 0 Å². The number of nitrogens with zero attached hydrogens (tertiary/aromatic N) is 2. The Hall–Kier alpha value is -3.62. The van der Waals surface area contributed by atoms with Crippen molar-refractivity contribution in [3.8, 4) is 0 Å². The molecule has 6 nitrogen and oxygen atoms in total. The summed E-state index contributed by atoms with van der Waals surface area (Å²) in [4.78, 5) is 0. The van der Waals surface area contributed by atoms with E-state index in [0.29, 0.717) is 0 Å². The first-order valence-electron chi connectivity index (χ1n) is 9.02. The minimum atomic E-state index is 0.0994. The van der Waals surface area contributed by atoms with Gasteiger partial charge >= 0.3 is 0 Å². The summed E-state index contributed by atoms with van der Waals surface area (Å²) in [5.41, 5.74) is 21.5. The maximum absolute atomic E-state index is 5.55. The predicted octanol–water partition coefficient (Wildman–Crippen LogP) is 2.86. The standard InChI is InChI=1S/C22H20N6S2/c23-21(29)27-25-19(15-7-3-1-4-8-15)17-11-13-18(14-12-17)20(26-28-22(24)30)16-9-5-2-6-10-16/h1-14H,(H3,23,27,29)(H3,24,28,30). The van der Waals surface area contributed by atoms with Crippen LogP contribution in [0.3, 0.4) is 0 Å². The Morgan fingerprint density at radius 2 is 0.833 bits per heavy atom. The molecule has 0 radical (unpaired) electrons. The van der Waals surface area contributed by atoms with Crippen molar-refractivity contribution in [2.24, 2.45) is 21.7 Å². The van der Waals surface area contributed by atoms with Crippen LogP contribution in [-0.2, 0) is 0 Å². The molecule has 3 aromatic carbocycles. The van der Waals surface area contributed by atoms with Gasteiger partial charge in [0.25, 0.3) is 0 Å². The monoisotopic (exact) mass is 432 g/mol. The van der Waals surface area contributed by atoms with Gasteiger partial charge in [-0.3, -0.25) is 10.9 Å². The molecular weight excluding hydrogens is 412 g/mol. The van der Waals surface area contributed by atoms with E-state index >= 15 is 0 Å². The van der Waals surface area contributed by atoms with Gasteiger partial charge in [0.15, 0.2) is 10.2 Å². The van der Waals surface area contributed by atoms with E-state index < -0.39 is 0 Å². The van der Waals surface area contributed by atoms with Crippen molar-refractivity contribution in [2.45, 2.75) is 0 Å². The number of thiocarbonyl (C=S) groups is 2. The first kappa shape index (κ1) is 21.1.